The summed E-state index contributed by atoms with van der Waals surface area (Å²) in [6, 6.07) is 16.2. The van der Waals surface area contributed by atoms with Crippen molar-refractivity contribution < 1.29 is 9.13 Å². The molecule has 4 nitrogen and oxygen atoms in total. The number of nitrogens with one attached hydrogen (secondary N) is 1. The van der Waals surface area contributed by atoms with Gasteiger partial charge < -0.3 is 10.1 Å². The van der Waals surface area contributed by atoms with Crippen LogP contribution in [0.5, 0.6) is 5.75 Å². The van der Waals surface area contributed by atoms with Crippen LogP contribution in [0.4, 0.5) is 10.2 Å². The Bertz CT molecular complexity index is 964. The molecular weight excluding hydrogens is 305 g/mol. The van der Waals surface area contributed by atoms with E-state index in [1.807, 2.05) is 30.3 Å². The molecule has 2 aromatic carbocycles. The van der Waals surface area contributed by atoms with E-state index in [4.69, 9.17) is 10.00 Å². The normalized spacial score (nSPS) is 16.1. The molecule has 0 saturated carbocycles. The number of para-hydroxylation sites is 1. The third-order valence-corrected chi connectivity index (χ3v) is 4.17. The van der Waals surface area contributed by atoms with Crippen LogP contribution in [-0.4, -0.2) is 11.6 Å². The van der Waals surface area contributed by atoms with Crippen LogP contribution >= 0.6 is 0 Å². The summed E-state index contributed by atoms with van der Waals surface area (Å²) in [4.78, 5) is 4.58. The quantitative estimate of drug-likeness (QED) is 0.770. The van der Waals surface area contributed by atoms with E-state index in [0.717, 1.165) is 22.9 Å². The van der Waals surface area contributed by atoms with Gasteiger partial charge in [0.05, 0.1) is 29.8 Å². The highest BCUT2D eigenvalue weighted by Crippen LogP contribution is 2.36. The first-order chi connectivity index (χ1) is 11.7. The first kappa shape index (κ1) is 14.5. The second-order valence-electron chi connectivity index (χ2n) is 5.71. The molecule has 3 aromatic rings. The minimum absolute atomic E-state index is 0.0484. The Morgan fingerprint density at radius 2 is 2.12 bits per heavy atom. The molecule has 118 valence electrons. The first-order valence-corrected chi connectivity index (χ1v) is 7.73. The molecule has 0 spiro atoms. The van der Waals surface area contributed by atoms with E-state index in [0.29, 0.717) is 23.7 Å². The van der Waals surface area contributed by atoms with Crippen LogP contribution < -0.4 is 10.1 Å². The fourth-order valence-corrected chi connectivity index (χ4v) is 2.99. The fourth-order valence-electron chi connectivity index (χ4n) is 2.99. The summed E-state index contributed by atoms with van der Waals surface area (Å²) in [6.07, 6.45) is 0.740. The number of pyridine rings is 1. The van der Waals surface area contributed by atoms with Gasteiger partial charge in [-0.25, -0.2) is 9.37 Å². The zero-order chi connectivity index (χ0) is 16.5. The number of nitrogens with zero attached hydrogens (tertiary/aromatic N) is 2. The number of rotatable bonds is 2. The van der Waals surface area contributed by atoms with Gasteiger partial charge in [0.2, 0.25) is 0 Å². The Morgan fingerprint density at radius 3 is 3.00 bits per heavy atom. The summed E-state index contributed by atoms with van der Waals surface area (Å²) >= 11 is 0. The number of anilines is 1. The molecule has 0 radical (unpaired) electrons. The van der Waals surface area contributed by atoms with Crippen LogP contribution in [-0.2, 0) is 0 Å². The van der Waals surface area contributed by atoms with Crippen molar-refractivity contribution in [2.45, 2.75) is 12.5 Å². The summed E-state index contributed by atoms with van der Waals surface area (Å²) in [7, 11) is 0. The third-order valence-electron chi connectivity index (χ3n) is 4.17. The zero-order valence-electron chi connectivity index (χ0n) is 12.8. The van der Waals surface area contributed by atoms with Crippen LogP contribution in [0.3, 0.4) is 0 Å². The molecule has 24 heavy (non-hydrogen) atoms. The average Bonchev–Trinajstić information content (AvgIpc) is 2.62. The summed E-state index contributed by atoms with van der Waals surface area (Å²) in [5.74, 6) is 0.699. The molecule has 1 aliphatic heterocycles. The molecule has 1 aliphatic rings. The Labute approximate surface area is 138 Å². The minimum Gasteiger partial charge on any atom is -0.490 e. The lowest BCUT2D eigenvalue weighted by atomic mass is 10.0. The maximum Gasteiger partial charge on any atom is 0.165 e. The van der Waals surface area contributed by atoms with Crippen molar-refractivity contribution in [2.24, 2.45) is 0 Å². The van der Waals surface area contributed by atoms with Gasteiger partial charge in [-0.05, 0) is 36.4 Å². The predicted molar refractivity (Wildman–Crippen MR) is 89.3 cm³/mol. The number of nitriles is 1. The highest BCUT2D eigenvalue weighted by Gasteiger charge is 2.24. The monoisotopic (exact) mass is 319 g/mol. The van der Waals surface area contributed by atoms with Gasteiger partial charge in [-0.2, -0.15) is 5.26 Å². The second kappa shape index (κ2) is 5.82. The van der Waals surface area contributed by atoms with Crippen LogP contribution in [0, 0.1) is 17.1 Å². The highest BCUT2D eigenvalue weighted by atomic mass is 19.1. The molecule has 0 saturated heterocycles. The van der Waals surface area contributed by atoms with Crippen molar-refractivity contribution in [2.75, 3.05) is 11.9 Å². The van der Waals surface area contributed by atoms with Crippen LogP contribution in [0.15, 0.2) is 48.5 Å². The van der Waals surface area contributed by atoms with Crippen LogP contribution in [0.1, 0.15) is 23.6 Å². The Balaban J connectivity index is 1.66. The molecule has 1 atom stereocenters. The number of hydrogen-bond donors (Lipinski definition) is 1. The smallest absolute Gasteiger partial charge is 0.165 e. The molecule has 2 heterocycles. The Hall–Kier alpha value is -3.13. The lowest BCUT2D eigenvalue weighted by Crippen LogP contribution is -2.21. The minimum atomic E-state index is -0.338. The molecule has 0 unspecified atom stereocenters. The van der Waals surface area contributed by atoms with E-state index in [1.54, 1.807) is 12.1 Å². The summed E-state index contributed by atoms with van der Waals surface area (Å²) in [5, 5.41) is 13.2. The van der Waals surface area contributed by atoms with Crippen molar-refractivity contribution in [3.63, 3.8) is 0 Å². The number of benzene rings is 2. The molecule has 0 fully saturated rings. The van der Waals surface area contributed by atoms with Gasteiger partial charge >= 0.3 is 0 Å². The topological polar surface area (TPSA) is 57.9 Å². The molecule has 1 N–H and O–H groups in total. The van der Waals surface area contributed by atoms with Gasteiger partial charge in [-0.3, -0.25) is 0 Å². The molecule has 0 aliphatic carbocycles. The SMILES string of the molecule is N#Cc1ccc2nc(N[C@H]3CCOc4c(F)cccc43)ccc2c1. The average molecular weight is 319 g/mol. The van der Waals surface area contributed by atoms with E-state index >= 15 is 0 Å². The van der Waals surface area contributed by atoms with E-state index < -0.39 is 0 Å². The number of halogens is 1. The summed E-state index contributed by atoms with van der Waals surface area (Å²) in [5.41, 5.74) is 2.23. The number of fused-ring (bicyclic) bond motifs is 2. The molecule has 0 bridgehead atoms. The molecule has 5 heteroatoms. The van der Waals surface area contributed by atoms with Crippen LogP contribution in [0.25, 0.3) is 10.9 Å². The van der Waals surface area contributed by atoms with Crippen LogP contribution in [0.2, 0.25) is 0 Å². The number of ether oxygens (including phenoxy) is 1. The molecular formula is C19H14FN3O. The summed E-state index contributed by atoms with van der Waals surface area (Å²) < 4.78 is 19.3. The Morgan fingerprint density at radius 1 is 1.21 bits per heavy atom. The Kier molecular flexibility index (Phi) is 3.51. The van der Waals surface area contributed by atoms with Gasteiger partial charge in [0, 0.05) is 17.4 Å². The second-order valence-corrected chi connectivity index (χ2v) is 5.71. The van der Waals surface area contributed by atoms with Gasteiger partial charge in [0.25, 0.3) is 0 Å². The number of aromatic nitrogens is 1. The van der Waals surface area contributed by atoms with Crippen molar-refractivity contribution in [3.05, 3.63) is 65.5 Å². The zero-order valence-corrected chi connectivity index (χ0v) is 12.8. The van der Waals surface area contributed by atoms with Gasteiger partial charge in [-0.15, -0.1) is 0 Å². The highest BCUT2D eigenvalue weighted by molar-refractivity contribution is 5.81. The van der Waals surface area contributed by atoms with Gasteiger partial charge in [-0.1, -0.05) is 12.1 Å². The maximum absolute atomic E-state index is 13.9. The predicted octanol–water partition coefficient (Wildman–Crippen LogP) is 4.18. The molecule has 0 amide bonds. The van der Waals surface area contributed by atoms with Crippen molar-refractivity contribution in [1.29, 1.82) is 5.26 Å². The maximum atomic E-state index is 13.9. The van der Waals surface area contributed by atoms with E-state index in [2.05, 4.69) is 16.4 Å². The lowest BCUT2D eigenvalue weighted by molar-refractivity contribution is 0.260. The molecule has 4 rings (SSSR count). The van der Waals surface area contributed by atoms with Crippen molar-refractivity contribution in [3.8, 4) is 11.8 Å². The van der Waals surface area contributed by atoms with E-state index in [-0.39, 0.29) is 11.9 Å². The van der Waals surface area contributed by atoms with E-state index in [1.165, 1.54) is 6.07 Å². The van der Waals surface area contributed by atoms with Crippen molar-refractivity contribution >= 4 is 16.7 Å². The van der Waals surface area contributed by atoms with Gasteiger partial charge in [0.1, 0.15) is 5.82 Å². The standard InChI is InChI=1S/C19H14FN3O/c20-15-3-1-2-14-17(8-9-24-19(14)15)23-18-7-5-13-10-12(11-21)4-6-16(13)22-18/h1-7,10,17H,8-9H2,(H,22,23)/t17-/m0/s1. The largest absolute Gasteiger partial charge is 0.490 e. The lowest BCUT2D eigenvalue weighted by Gasteiger charge is -2.27. The molecule has 1 aromatic heterocycles. The number of hydrogen-bond acceptors (Lipinski definition) is 4. The first-order valence-electron chi connectivity index (χ1n) is 7.73. The van der Waals surface area contributed by atoms with E-state index in [9.17, 15) is 4.39 Å². The summed E-state index contributed by atoms with van der Waals surface area (Å²) in [6.45, 7) is 0.463. The van der Waals surface area contributed by atoms with Crippen molar-refractivity contribution in [1.82, 2.24) is 4.98 Å². The van der Waals surface area contributed by atoms with Gasteiger partial charge in [0.15, 0.2) is 11.6 Å². The fraction of sp³-hybridized carbons (Fsp3) is 0.158. The third kappa shape index (κ3) is 2.52.